The molecule has 2 aromatic carbocycles. The van der Waals surface area contributed by atoms with E-state index < -0.39 is 0 Å². The molecule has 1 saturated heterocycles. The van der Waals surface area contributed by atoms with Crippen molar-refractivity contribution in [2.75, 3.05) is 26.7 Å². The number of thioether (sulfide) groups is 1. The largest absolute Gasteiger partial charge is 0.338 e. The molecular weight excluding hydrogens is 352 g/mol. The highest BCUT2D eigenvalue weighted by atomic mass is 32.2. The van der Waals surface area contributed by atoms with Gasteiger partial charge >= 0.3 is 0 Å². The van der Waals surface area contributed by atoms with Crippen LogP contribution in [-0.4, -0.2) is 37.5 Å². The summed E-state index contributed by atoms with van der Waals surface area (Å²) >= 11 is 1.84. The summed E-state index contributed by atoms with van der Waals surface area (Å²) < 4.78 is 0. The number of hydrogen-bond acceptors (Lipinski definition) is 3. The van der Waals surface area contributed by atoms with E-state index in [1.807, 2.05) is 35.8 Å². The van der Waals surface area contributed by atoms with Crippen molar-refractivity contribution >= 4 is 17.7 Å². The van der Waals surface area contributed by atoms with Crippen LogP contribution in [0.1, 0.15) is 39.9 Å². The van der Waals surface area contributed by atoms with Gasteiger partial charge in [-0.1, -0.05) is 29.8 Å². The van der Waals surface area contributed by atoms with Gasteiger partial charge < -0.3 is 10.2 Å². The second kappa shape index (κ2) is 9.43. The number of amides is 1. The molecule has 0 aromatic heterocycles. The topological polar surface area (TPSA) is 32.3 Å². The number of rotatable bonds is 6. The highest BCUT2D eigenvalue weighted by Gasteiger charge is 2.24. The van der Waals surface area contributed by atoms with E-state index in [0.29, 0.717) is 5.92 Å². The molecule has 3 rings (SSSR count). The Labute approximate surface area is 167 Å². The molecule has 0 radical (unpaired) electrons. The standard InChI is InChI=1S/C23H30N2OS/c1-17-9-10-18(2)22(12-17)27-16-19-6-4-8-21(13-19)23(26)25-11-5-7-20(15-25)14-24-3/h4,6,8-10,12-13,20,24H,5,7,11,14-16H2,1-3H3. The number of hydrogen-bond donors (Lipinski definition) is 1. The lowest BCUT2D eigenvalue weighted by molar-refractivity contribution is 0.0674. The molecule has 0 spiro atoms. The summed E-state index contributed by atoms with van der Waals surface area (Å²) in [7, 11) is 1.98. The van der Waals surface area contributed by atoms with Crippen molar-refractivity contribution < 1.29 is 4.79 Å². The number of likely N-dealkylation sites (tertiary alicyclic amines) is 1. The molecule has 3 nitrogen and oxygen atoms in total. The van der Waals surface area contributed by atoms with Gasteiger partial charge in [0, 0.05) is 29.3 Å². The Kier molecular flexibility index (Phi) is 6.97. The number of piperidine rings is 1. The Morgan fingerprint density at radius 2 is 2.07 bits per heavy atom. The maximum absolute atomic E-state index is 13.0. The molecule has 1 unspecified atom stereocenters. The SMILES string of the molecule is CNCC1CCCN(C(=O)c2cccc(CSc3cc(C)ccc3C)c2)C1. The van der Waals surface area contributed by atoms with Gasteiger partial charge in [0.05, 0.1) is 0 Å². The van der Waals surface area contributed by atoms with Crippen LogP contribution in [0.25, 0.3) is 0 Å². The van der Waals surface area contributed by atoms with Crippen molar-refractivity contribution in [3.8, 4) is 0 Å². The van der Waals surface area contributed by atoms with Gasteiger partial charge in [0.25, 0.3) is 5.91 Å². The number of nitrogens with zero attached hydrogens (tertiary/aromatic N) is 1. The van der Waals surface area contributed by atoms with E-state index in [2.05, 4.69) is 49.5 Å². The van der Waals surface area contributed by atoms with Gasteiger partial charge in [0.15, 0.2) is 0 Å². The van der Waals surface area contributed by atoms with E-state index in [1.54, 1.807) is 0 Å². The minimum Gasteiger partial charge on any atom is -0.338 e. The maximum atomic E-state index is 13.0. The zero-order chi connectivity index (χ0) is 19.2. The smallest absolute Gasteiger partial charge is 0.253 e. The molecule has 144 valence electrons. The van der Waals surface area contributed by atoms with Crippen molar-refractivity contribution in [1.29, 1.82) is 0 Å². The van der Waals surface area contributed by atoms with Gasteiger partial charge in [-0.15, -0.1) is 11.8 Å². The van der Waals surface area contributed by atoms with E-state index in [1.165, 1.54) is 28.0 Å². The normalized spacial score (nSPS) is 17.1. The van der Waals surface area contributed by atoms with Crippen LogP contribution in [0.2, 0.25) is 0 Å². The molecule has 1 N–H and O–H groups in total. The van der Waals surface area contributed by atoms with Gasteiger partial charge in [-0.05, 0) is 75.5 Å². The Bertz CT molecular complexity index is 788. The molecule has 1 amide bonds. The Hall–Kier alpha value is -1.78. The monoisotopic (exact) mass is 382 g/mol. The summed E-state index contributed by atoms with van der Waals surface area (Å²) in [6, 6.07) is 14.7. The van der Waals surface area contributed by atoms with Crippen LogP contribution in [-0.2, 0) is 5.75 Å². The van der Waals surface area contributed by atoms with Crippen molar-refractivity contribution in [3.05, 3.63) is 64.7 Å². The lowest BCUT2D eigenvalue weighted by Gasteiger charge is -2.32. The molecule has 1 atom stereocenters. The fourth-order valence-corrected chi connectivity index (χ4v) is 4.77. The molecule has 0 aliphatic carbocycles. The van der Waals surface area contributed by atoms with E-state index in [9.17, 15) is 4.79 Å². The number of aryl methyl sites for hydroxylation is 2. The van der Waals surface area contributed by atoms with Crippen molar-refractivity contribution in [1.82, 2.24) is 10.2 Å². The number of nitrogens with one attached hydrogen (secondary N) is 1. The summed E-state index contributed by atoms with van der Waals surface area (Å²) in [5.41, 5.74) is 4.62. The fraction of sp³-hybridized carbons (Fsp3) is 0.435. The van der Waals surface area contributed by atoms with Crippen LogP contribution in [0.5, 0.6) is 0 Å². The van der Waals surface area contributed by atoms with Crippen LogP contribution in [0.4, 0.5) is 0 Å². The van der Waals surface area contributed by atoms with Crippen LogP contribution in [0.3, 0.4) is 0 Å². The average molecular weight is 383 g/mol. The fourth-order valence-electron chi connectivity index (χ4n) is 3.71. The lowest BCUT2D eigenvalue weighted by atomic mass is 9.97. The molecule has 0 bridgehead atoms. The molecular formula is C23H30N2OS. The first-order chi connectivity index (χ1) is 13.1. The third-order valence-electron chi connectivity index (χ3n) is 5.21. The van der Waals surface area contributed by atoms with E-state index in [-0.39, 0.29) is 5.91 Å². The van der Waals surface area contributed by atoms with Gasteiger partial charge in [0.1, 0.15) is 0 Å². The minimum absolute atomic E-state index is 0.175. The predicted octanol–water partition coefficient (Wildman–Crippen LogP) is 4.67. The van der Waals surface area contributed by atoms with Crippen LogP contribution in [0, 0.1) is 19.8 Å². The highest BCUT2D eigenvalue weighted by Crippen LogP contribution is 2.27. The first-order valence-corrected chi connectivity index (χ1v) is 10.8. The first-order valence-electron chi connectivity index (χ1n) is 9.79. The third kappa shape index (κ3) is 5.36. The van der Waals surface area contributed by atoms with Crippen molar-refractivity contribution in [2.45, 2.75) is 37.3 Å². The van der Waals surface area contributed by atoms with Gasteiger partial charge in [0.2, 0.25) is 0 Å². The van der Waals surface area contributed by atoms with Crippen LogP contribution < -0.4 is 5.32 Å². The van der Waals surface area contributed by atoms with E-state index in [0.717, 1.165) is 37.4 Å². The first kappa shape index (κ1) is 20.0. The van der Waals surface area contributed by atoms with Crippen LogP contribution >= 0.6 is 11.8 Å². The number of benzene rings is 2. The zero-order valence-electron chi connectivity index (χ0n) is 16.6. The maximum Gasteiger partial charge on any atom is 0.253 e. The van der Waals surface area contributed by atoms with Gasteiger partial charge in [-0.25, -0.2) is 0 Å². The summed E-state index contributed by atoms with van der Waals surface area (Å²) in [5, 5.41) is 3.25. The van der Waals surface area contributed by atoms with E-state index in [4.69, 9.17) is 0 Å². The number of carbonyl (C=O) groups excluding carboxylic acids is 1. The molecule has 1 aliphatic heterocycles. The number of carbonyl (C=O) groups is 1. The summed E-state index contributed by atoms with van der Waals surface area (Å²) in [5.74, 6) is 1.62. The Morgan fingerprint density at radius 1 is 1.22 bits per heavy atom. The van der Waals surface area contributed by atoms with Crippen molar-refractivity contribution in [2.24, 2.45) is 5.92 Å². The summed E-state index contributed by atoms with van der Waals surface area (Å²) in [6.45, 7) is 7.00. The Morgan fingerprint density at radius 3 is 2.89 bits per heavy atom. The molecule has 1 heterocycles. The second-order valence-electron chi connectivity index (χ2n) is 7.58. The van der Waals surface area contributed by atoms with E-state index >= 15 is 0 Å². The summed E-state index contributed by atoms with van der Waals surface area (Å²) in [6.07, 6.45) is 2.30. The van der Waals surface area contributed by atoms with Crippen molar-refractivity contribution in [3.63, 3.8) is 0 Å². The quantitative estimate of drug-likeness (QED) is 0.737. The van der Waals surface area contributed by atoms with Crippen LogP contribution in [0.15, 0.2) is 47.4 Å². The molecule has 4 heteroatoms. The molecule has 1 fully saturated rings. The lowest BCUT2D eigenvalue weighted by Crippen LogP contribution is -2.42. The summed E-state index contributed by atoms with van der Waals surface area (Å²) in [4.78, 5) is 16.3. The highest BCUT2D eigenvalue weighted by molar-refractivity contribution is 7.98. The second-order valence-corrected chi connectivity index (χ2v) is 8.59. The minimum atomic E-state index is 0.175. The molecule has 1 aliphatic rings. The molecule has 2 aromatic rings. The molecule has 0 saturated carbocycles. The predicted molar refractivity (Wildman–Crippen MR) is 114 cm³/mol. The van der Waals surface area contributed by atoms with Gasteiger partial charge in [-0.2, -0.15) is 0 Å². The van der Waals surface area contributed by atoms with Gasteiger partial charge in [-0.3, -0.25) is 4.79 Å². The average Bonchev–Trinajstić information content (AvgIpc) is 2.69. The molecule has 27 heavy (non-hydrogen) atoms. The zero-order valence-corrected chi connectivity index (χ0v) is 17.4. The Balaban J connectivity index is 1.66. The third-order valence-corrected chi connectivity index (χ3v) is 6.44.